The van der Waals surface area contributed by atoms with Gasteiger partial charge in [-0.25, -0.2) is 8.42 Å². The Labute approximate surface area is 308 Å². The van der Waals surface area contributed by atoms with Gasteiger partial charge in [-0.3, -0.25) is 14.4 Å². The van der Waals surface area contributed by atoms with Gasteiger partial charge in [-0.15, -0.1) is 0 Å². The molecule has 1 aliphatic rings. The van der Waals surface area contributed by atoms with E-state index >= 15 is 0 Å². The number of aliphatic hydroxyl groups is 1. The Morgan fingerprint density at radius 2 is 1.20 bits per heavy atom. The van der Waals surface area contributed by atoms with E-state index in [0.29, 0.717) is 6.42 Å². The number of carbonyl (C=O) groups is 3. The van der Waals surface area contributed by atoms with E-state index in [4.69, 9.17) is 14.2 Å². The van der Waals surface area contributed by atoms with E-state index in [9.17, 15) is 32.5 Å². The van der Waals surface area contributed by atoms with Crippen molar-refractivity contribution in [2.24, 2.45) is 5.41 Å². The molecule has 1 aliphatic heterocycles. The Morgan fingerprint density at radius 3 is 1.61 bits per heavy atom. The maximum absolute atomic E-state index is 12.2. The van der Waals surface area contributed by atoms with Crippen LogP contribution in [-0.4, -0.2) is 67.7 Å². The maximum atomic E-state index is 12.2. The van der Waals surface area contributed by atoms with Crippen LogP contribution in [-0.2, 0) is 38.7 Å². The van der Waals surface area contributed by atoms with E-state index in [0.717, 1.165) is 19.3 Å². The van der Waals surface area contributed by atoms with Gasteiger partial charge in [0.15, 0.2) is 5.25 Å². The minimum absolute atomic E-state index is 0. The number of ether oxygens (including phenoxy) is 3. The number of unbranched alkanes of at least 4 members (excludes halogenated alkanes) is 19. The molecule has 1 N–H and O–H groups in total. The summed E-state index contributed by atoms with van der Waals surface area (Å²) in [6.07, 6.45) is 24.6. The quantitative estimate of drug-likeness (QED) is 0.0503. The maximum Gasteiger partial charge on any atom is 1.00 e. The second-order valence-electron chi connectivity index (χ2n) is 12.2. The smallest absolute Gasteiger partial charge is 0.747 e. The first-order valence-electron chi connectivity index (χ1n) is 16.7. The zero-order chi connectivity index (χ0) is 31.8. The molecule has 0 aromatic heterocycles. The fraction of sp³-hybridized carbons (Fsp3) is 0.906. The molecule has 1 fully saturated rings. The van der Waals surface area contributed by atoms with Crippen LogP contribution in [0.1, 0.15) is 148 Å². The normalized spacial score (nSPS) is 19.2. The van der Waals surface area contributed by atoms with Crippen molar-refractivity contribution < 1.29 is 98.1 Å². The third-order valence-electron chi connectivity index (χ3n) is 8.13. The molecular formula is C32H57KO10S. The molecule has 1 saturated heterocycles. The van der Waals surface area contributed by atoms with Crippen LogP contribution in [0.2, 0.25) is 0 Å². The van der Waals surface area contributed by atoms with Gasteiger partial charge in [0.2, 0.25) is 0 Å². The minimum Gasteiger partial charge on any atom is -0.747 e. The summed E-state index contributed by atoms with van der Waals surface area (Å²) < 4.78 is 49.0. The molecule has 252 valence electrons. The molecular weight excluding hydrogens is 616 g/mol. The molecule has 2 unspecified atom stereocenters. The van der Waals surface area contributed by atoms with Crippen LogP contribution in [0.5, 0.6) is 0 Å². The summed E-state index contributed by atoms with van der Waals surface area (Å²) in [5.74, 6) is -2.99. The molecule has 2 atom stereocenters. The molecule has 0 aromatic rings. The van der Waals surface area contributed by atoms with Crippen molar-refractivity contribution in [2.45, 2.75) is 153 Å². The van der Waals surface area contributed by atoms with Crippen molar-refractivity contribution in [2.75, 3.05) is 26.4 Å². The molecule has 1 heterocycles. The van der Waals surface area contributed by atoms with E-state index in [-0.39, 0.29) is 57.8 Å². The van der Waals surface area contributed by atoms with Crippen molar-refractivity contribution >= 4 is 28.0 Å². The summed E-state index contributed by atoms with van der Waals surface area (Å²) in [6, 6.07) is 0. The van der Waals surface area contributed by atoms with Gasteiger partial charge in [-0.1, -0.05) is 129 Å². The van der Waals surface area contributed by atoms with Crippen LogP contribution in [0.15, 0.2) is 0 Å². The number of rotatable bonds is 25. The Morgan fingerprint density at radius 1 is 0.795 bits per heavy atom. The summed E-state index contributed by atoms with van der Waals surface area (Å²) in [5.41, 5.74) is -1.45. The number of esters is 3. The molecule has 1 rings (SSSR count). The molecule has 0 spiro atoms. The second kappa shape index (κ2) is 26.9. The molecule has 12 heteroatoms. The standard InChI is InChI=1S/C32H58O10S.K/c1-2-3-4-5-6-7-8-9-10-11-12-13-14-15-16-17-18-19-20-21-22-29(34)40-25-32(24-33)26-41-30(35)23-28(43(37,38)39)31(36)42-27-32;/h28,33H,2-27H2,1H3,(H,37,38,39);/q;+1/p-1. The monoisotopic (exact) mass is 672 g/mol. The first kappa shape index (κ1) is 43.9. The van der Waals surface area contributed by atoms with Crippen LogP contribution in [0.25, 0.3) is 0 Å². The Kier molecular flexibility index (Phi) is 26.9. The van der Waals surface area contributed by atoms with Gasteiger partial charge in [0.1, 0.15) is 29.9 Å². The van der Waals surface area contributed by atoms with E-state index in [2.05, 4.69) is 6.92 Å². The molecule has 0 aromatic carbocycles. The number of aliphatic hydroxyl groups excluding tert-OH is 1. The number of cyclic esters (lactones) is 2. The number of hydrogen-bond acceptors (Lipinski definition) is 10. The van der Waals surface area contributed by atoms with Crippen molar-refractivity contribution in [1.82, 2.24) is 0 Å². The zero-order valence-electron chi connectivity index (χ0n) is 27.5. The Hall–Kier alpha value is -0.0836. The molecule has 0 radical (unpaired) electrons. The predicted molar refractivity (Wildman–Crippen MR) is 163 cm³/mol. The molecule has 44 heavy (non-hydrogen) atoms. The summed E-state index contributed by atoms with van der Waals surface area (Å²) >= 11 is 0. The fourth-order valence-electron chi connectivity index (χ4n) is 5.16. The molecule has 10 nitrogen and oxygen atoms in total. The van der Waals surface area contributed by atoms with Gasteiger partial charge < -0.3 is 23.9 Å². The van der Waals surface area contributed by atoms with Crippen molar-refractivity contribution in [3.8, 4) is 0 Å². The Bertz CT molecular complexity index is 882. The summed E-state index contributed by atoms with van der Waals surface area (Å²) in [4.78, 5) is 36.2. The van der Waals surface area contributed by atoms with Gasteiger partial charge in [-0.05, 0) is 6.42 Å². The van der Waals surface area contributed by atoms with Crippen LogP contribution in [0.3, 0.4) is 0 Å². The molecule has 0 bridgehead atoms. The number of carbonyl (C=O) groups excluding carboxylic acids is 3. The van der Waals surface area contributed by atoms with Gasteiger partial charge in [0.05, 0.1) is 18.4 Å². The molecule has 0 aliphatic carbocycles. The topological polar surface area (TPSA) is 156 Å². The van der Waals surface area contributed by atoms with Gasteiger partial charge in [0, 0.05) is 6.42 Å². The van der Waals surface area contributed by atoms with Gasteiger partial charge in [-0.2, -0.15) is 0 Å². The molecule has 0 saturated carbocycles. The summed E-state index contributed by atoms with van der Waals surface area (Å²) in [5, 5.41) is 7.63. The van der Waals surface area contributed by atoms with E-state index in [1.54, 1.807) is 0 Å². The van der Waals surface area contributed by atoms with Crippen LogP contribution in [0.4, 0.5) is 0 Å². The van der Waals surface area contributed by atoms with Crippen molar-refractivity contribution in [3.63, 3.8) is 0 Å². The second-order valence-corrected chi connectivity index (χ2v) is 13.8. The van der Waals surface area contributed by atoms with Crippen molar-refractivity contribution in [3.05, 3.63) is 0 Å². The van der Waals surface area contributed by atoms with E-state index < -0.39 is 71.5 Å². The Balaban J connectivity index is 0.0000185. The zero-order valence-corrected chi connectivity index (χ0v) is 31.4. The average Bonchev–Trinajstić information content (AvgIpc) is 3.03. The van der Waals surface area contributed by atoms with Gasteiger partial charge >= 0.3 is 69.3 Å². The largest absolute Gasteiger partial charge is 1.00 e. The third-order valence-corrected chi connectivity index (χ3v) is 9.19. The SMILES string of the molecule is CCCCCCCCCCCCCCCCCCCCCCC(=O)OCC1(CO)COC(=O)CC(S(=O)(=O)[O-])C(=O)OC1.[K+]. The van der Waals surface area contributed by atoms with Crippen molar-refractivity contribution in [1.29, 1.82) is 0 Å². The minimum atomic E-state index is -5.14. The van der Waals surface area contributed by atoms with E-state index in [1.807, 2.05) is 0 Å². The van der Waals surface area contributed by atoms with E-state index in [1.165, 1.54) is 103 Å². The van der Waals surface area contributed by atoms with Crippen LogP contribution < -0.4 is 51.4 Å². The average molecular weight is 673 g/mol. The van der Waals surface area contributed by atoms with Crippen LogP contribution >= 0.6 is 0 Å². The predicted octanol–water partition coefficient (Wildman–Crippen LogP) is 3.13. The number of hydrogen-bond donors (Lipinski definition) is 1. The molecule has 0 amide bonds. The van der Waals surface area contributed by atoms with Crippen LogP contribution in [0, 0.1) is 5.41 Å². The fourth-order valence-corrected chi connectivity index (χ4v) is 5.80. The van der Waals surface area contributed by atoms with Gasteiger partial charge in [0.25, 0.3) is 0 Å². The summed E-state index contributed by atoms with van der Waals surface area (Å²) in [6.45, 7) is 0.173. The summed E-state index contributed by atoms with van der Waals surface area (Å²) in [7, 11) is -5.14. The first-order chi connectivity index (χ1) is 20.6. The third kappa shape index (κ3) is 21.7. The first-order valence-corrected chi connectivity index (χ1v) is 18.1.